The van der Waals surface area contributed by atoms with Gasteiger partial charge in [0.15, 0.2) is 0 Å². The molecule has 1 heterocycles. The Bertz CT molecular complexity index is 614. The zero-order valence-corrected chi connectivity index (χ0v) is 14.2. The van der Waals surface area contributed by atoms with E-state index in [0.717, 1.165) is 25.9 Å². The second-order valence-electron chi connectivity index (χ2n) is 6.50. The molecule has 1 fully saturated rings. The Morgan fingerprint density at radius 2 is 2.08 bits per heavy atom. The van der Waals surface area contributed by atoms with E-state index in [9.17, 15) is 14.9 Å². The minimum Gasteiger partial charge on any atom is -0.396 e. The quantitative estimate of drug-likeness (QED) is 0.589. The van der Waals surface area contributed by atoms with Crippen LogP contribution < -0.4 is 10.2 Å². The Kier molecular flexibility index (Phi) is 5.77. The van der Waals surface area contributed by atoms with Crippen molar-refractivity contribution in [1.82, 2.24) is 5.32 Å². The van der Waals surface area contributed by atoms with Crippen LogP contribution in [0.4, 0.5) is 11.4 Å². The molecule has 2 N–H and O–H groups in total. The first-order valence-electron chi connectivity index (χ1n) is 8.37. The minimum atomic E-state index is -0.533. The zero-order valence-electron chi connectivity index (χ0n) is 14.2. The van der Waals surface area contributed by atoms with Gasteiger partial charge in [0, 0.05) is 36.9 Å². The molecule has 24 heavy (non-hydrogen) atoms. The highest BCUT2D eigenvalue weighted by Crippen LogP contribution is 2.31. The van der Waals surface area contributed by atoms with Crippen LogP contribution in [0.15, 0.2) is 18.2 Å². The summed E-state index contributed by atoms with van der Waals surface area (Å²) in [5.41, 5.74) is 0.267. The first kappa shape index (κ1) is 18.2. The van der Waals surface area contributed by atoms with Crippen molar-refractivity contribution in [3.63, 3.8) is 0 Å². The monoisotopic (exact) mass is 335 g/mol. The summed E-state index contributed by atoms with van der Waals surface area (Å²) in [6, 6.07) is 4.64. The van der Waals surface area contributed by atoms with Crippen molar-refractivity contribution in [1.29, 1.82) is 0 Å². The van der Waals surface area contributed by atoms with Crippen molar-refractivity contribution >= 4 is 17.3 Å². The number of nitro benzene ring substituents is 1. The zero-order chi connectivity index (χ0) is 17.7. The highest BCUT2D eigenvalue weighted by atomic mass is 16.6. The van der Waals surface area contributed by atoms with Crippen LogP contribution in [0.5, 0.6) is 0 Å². The van der Waals surface area contributed by atoms with Gasteiger partial charge in [-0.1, -0.05) is 6.92 Å². The lowest BCUT2D eigenvalue weighted by molar-refractivity contribution is -0.384. The molecule has 1 atom stereocenters. The average Bonchev–Trinajstić information content (AvgIpc) is 3.08. The first-order chi connectivity index (χ1) is 11.4. The number of aliphatic hydroxyl groups is 1. The Morgan fingerprint density at radius 3 is 2.62 bits per heavy atom. The summed E-state index contributed by atoms with van der Waals surface area (Å²) in [7, 11) is 0. The van der Waals surface area contributed by atoms with Crippen molar-refractivity contribution < 1.29 is 14.8 Å². The standard InChI is InChI=1S/C17H25N3O4/c1-3-17(2,8-11-21)18-16(22)13-6-7-14(15(12-13)20(23)24)19-9-4-5-10-19/h6-7,12,21H,3-5,8-11H2,1-2H3,(H,18,22). The van der Waals surface area contributed by atoms with E-state index in [1.165, 1.54) is 6.07 Å². The predicted octanol–water partition coefficient (Wildman–Crippen LogP) is 2.48. The SMILES string of the molecule is CCC(C)(CCO)NC(=O)c1ccc(N2CCCC2)c([N+](=O)[O-])c1. The Balaban J connectivity index is 2.26. The molecule has 1 unspecified atom stereocenters. The third-order valence-corrected chi connectivity index (χ3v) is 4.74. The summed E-state index contributed by atoms with van der Waals surface area (Å²) in [5.74, 6) is -0.358. The van der Waals surface area contributed by atoms with E-state index >= 15 is 0 Å². The number of aliphatic hydroxyl groups excluding tert-OH is 1. The number of rotatable bonds is 7. The molecule has 1 aromatic carbocycles. The van der Waals surface area contributed by atoms with Crippen molar-refractivity contribution in [3.05, 3.63) is 33.9 Å². The van der Waals surface area contributed by atoms with Gasteiger partial charge < -0.3 is 15.3 Å². The maximum absolute atomic E-state index is 12.5. The number of nitrogens with zero attached hydrogens (tertiary/aromatic N) is 2. The summed E-state index contributed by atoms with van der Waals surface area (Å²) in [6.45, 7) is 5.36. The lowest BCUT2D eigenvalue weighted by Gasteiger charge is -2.29. The molecule has 7 nitrogen and oxygen atoms in total. The number of nitro groups is 1. The molecule has 0 bridgehead atoms. The fourth-order valence-corrected chi connectivity index (χ4v) is 2.96. The summed E-state index contributed by atoms with van der Waals surface area (Å²) < 4.78 is 0. The minimum absolute atomic E-state index is 0.0291. The van der Waals surface area contributed by atoms with Gasteiger partial charge in [-0.15, -0.1) is 0 Å². The van der Waals surface area contributed by atoms with Crippen LogP contribution in [0.25, 0.3) is 0 Å². The molecule has 0 radical (unpaired) electrons. The lowest BCUT2D eigenvalue weighted by atomic mass is 9.94. The predicted molar refractivity (Wildman–Crippen MR) is 92.4 cm³/mol. The molecule has 7 heteroatoms. The van der Waals surface area contributed by atoms with Gasteiger partial charge in [0.1, 0.15) is 5.69 Å². The molecule has 0 saturated carbocycles. The van der Waals surface area contributed by atoms with Gasteiger partial charge in [-0.2, -0.15) is 0 Å². The third kappa shape index (κ3) is 4.03. The third-order valence-electron chi connectivity index (χ3n) is 4.74. The number of benzene rings is 1. The van der Waals surface area contributed by atoms with Crippen LogP contribution in [0.3, 0.4) is 0 Å². The Morgan fingerprint density at radius 1 is 1.42 bits per heavy atom. The molecular formula is C17H25N3O4. The molecule has 1 aliphatic heterocycles. The van der Waals surface area contributed by atoms with Crippen LogP contribution >= 0.6 is 0 Å². The van der Waals surface area contributed by atoms with Gasteiger partial charge >= 0.3 is 0 Å². The molecule has 1 aliphatic rings. The number of nitrogens with one attached hydrogen (secondary N) is 1. The van der Waals surface area contributed by atoms with Crippen LogP contribution in [0.2, 0.25) is 0 Å². The van der Waals surface area contributed by atoms with Gasteiger partial charge in [-0.05, 0) is 44.7 Å². The van der Waals surface area contributed by atoms with E-state index in [1.807, 2.05) is 18.7 Å². The van der Waals surface area contributed by atoms with Crippen molar-refractivity contribution in [3.8, 4) is 0 Å². The van der Waals surface area contributed by atoms with Gasteiger partial charge in [0.2, 0.25) is 0 Å². The van der Waals surface area contributed by atoms with Crippen LogP contribution in [0.1, 0.15) is 49.9 Å². The second kappa shape index (κ2) is 7.61. The molecule has 0 spiro atoms. The topological polar surface area (TPSA) is 95.7 Å². The number of carbonyl (C=O) groups excluding carboxylic acids is 1. The Hall–Kier alpha value is -2.15. The molecule has 2 rings (SSSR count). The van der Waals surface area contributed by atoms with Crippen molar-refractivity contribution in [2.24, 2.45) is 0 Å². The maximum atomic E-state index is 12.5. The number of hydrogen-bond donors (Lipinski definition) is 2. The summed E-state index contributed by atoms with van der Waals surface area (Å²) in [4.78, 5) is 25.4. The van der Waals surface area contributed by atoms with E-state index in [1.54, 1.807) is 12.1 Å². The highest BCUT2D eigenvalue weighted by molar-refractivity contribution is 5.96. The fourth-order valence-electron chi connectivity index (χ4n) is 2.96. The van der Waals surface area contributed by atoms with Crippen molar-refractivity contribution in [2.45, 2.75) is 45.1 Å². The largest absolute Gasteiger partial charge is 0.396 e. The lowest BCUT2D eigenvalue weighted by Crippen LogP contribution is -2.46. The maximum Gasteiger partial charge on any atom is 0.293 e. The first-order valence-corrected chi connectivity index (χ1v) is 8.37. The van der Waals surface area contributed by atoms with Crippen molar-refractivity contribution in [2.75, 3.05) is 24.6 Å². The molecule has 132 valence electrons. The van der Waals surface area contributed by atoms with Crippen LogP contribution in [-0.2, 0) is 0 Å². The fraction of sp³-hybridized carbons (Fsp3) is 0.588. The normalized spacial score (nSPS) is 16.7. The van der Waals surface area contributed by atoms with E-state index < -0.39 is 10.5 Å². The number of anilines is 1. The van der Waals surface area contributed by atoms with Gasteiger partial charge in [0.05, 0.1) is 4.92 Å². The second-order valence-corrected chi connectivity index (χ2v) is 6.50. The molecule has 0 aliphatic carbocycles. The molecule has 1 amide bonds. The van der Waals surface area contributed by atoms with E-state index in [0.29, 0.717) is 18.5 Å². The number of hydrogen-bond acceptors (Lipinski definition) is 5. The van der Waals surface area contributed by atoms with Crippen LogP contribution in [-0.4, -0.2) is 41.2 Å². The van der Waals surface area contributed by atoms with Gasteiger partial charge in [-0.25, -0.2) is 0 Å². The smallest absolute Gasteiger partial charge is 0.293 e. The highest BCUT2D eigenvalue weighted by Gasteiger charge is 2.27. The Labute approximate surface area is 141 Å². The summed E-state index contributed by atoms with van der Waals surface area (Å²) in [6.07, 6.45) is 3.14. The average molecular weight is 335 g/mol. The van der Waals surface area contributed by atoms with Gasteiger partial charge in [0.25, 0.3) is 11.6 Å². The molecule has 1 aromatic rings. The van der Waals surface area contributed by atoms with E-state index in [4.69, 9.17) is 5.11 Å². The molecule has 1 saturated heterocycles. The van der Waals surface area contributed by atoms with Crippen LogP contribution in [0, 0.1) is 10.1 Å². The number of amides is 1. The van der Waals surface area contributed by atoms with E-state index in [2.05, 4.69) is 5.32 Å². The molecular weight excluding hydrogens is 310 g/mol. The number of carbonyl (C=O) groups is 1. The van der Waals surface area contributed by atoms with E-state index in [-0.39, 0.29) is 23.8 Å². The van der Waals surface area contributed by atoms with Gasteiger partial charge in [-0.3, -0.25) is 14.9 Å². The summed E-state index contributed by atoms with van der Waals surface area (Å²) in [5, 5.41) is 23.4. The summed E-state index contributed by atoms with van der Waals surface area (Å²) >= 11 is 0. The molecule has 0 aromatic heterocycles.